The highest BCUT2D eigenvalue weighted by Crippen LogP contribution is 2.23. The summed E-state index contributed by atoms with van der Waals surface area (Å²) in [5.74, 6) is -4.35. The SMILES string of the molecule is Cc1nn(-c2cc(F)c(F)cc2F)c(C)c1CCC(=O)O. The summed E-state index contributed by atoms with van der Waals surface area (Å²) in [7, 11) is 0. The van der Waals surface area contributed by atoms with Crippen LogP contribution < -0.4 is 0 Å². The number of nitrogens with zero attached hydrogens (tertiary/aromatic N) is 2. The van der Waals surface area contributed by atoms with Crippen LogP contribution in [-0.2, 0) is 11.2 Å². The molecule has 1 heterocycles. The fraction of sp³-hybridized carbons (Fsp3) is 0.286. The van der Waals surface area contributed by atoms with E-state index in [1.54, 1.807) is 13.8 Å². The molecule has 0 aliphatic heterocycles. The third kappa shape index (κ3) is 2.91. The van der Waals surface area contributed by atoms with E-state index in [0.717, 1.165) is 10.7 Å². The summed E-state index contributed by atoms with van der Waals surface area (Å²) in [5, 5.41) is 12.8. The number of rotatable bonds is 4. The Balaban J connectivity index is 2.48. The number of carboxylic acids is 1. The van der Waals surface area contributed by atoms with Crippen LogP contribution in [0.1, 0.15) is 23.4 Å². The molecule has 7 heteroatoms. The number of aryl methyl sites for hydroxylation is 1. The molecule has 2 rings (SSSR count). The van der Waals surface area contributed by atoms with Gasteiger partial charge in [-0.3, -0.25) is 4.79 Å². The molecular weight excluding hydrogens is 285 g/mol. The third-order valence-electron chi connectivity index (χ3n) is 3.25. The van der Waals surface area contributed by atoms with Gasteiger partial charge in [0.1, 0.15) is 5.69 Å². The topological polar surface area (TPSA) is 55.1 Å². The summed E-state index contributed by atoms with van der Waals surface area (Å²) in [5.41, 5.74) is 1.47. The Morgan fingerprint density at radius 3 is 2.43 bits per heavy atom. The summed E-state index contributed by atoms with van der Waals surface area (Å²) in [6, 6.07) is 1.18. The number of halogens is 3. The van der Waals surface area contributed by atoms with Gasteiger partial charge in [0.05, 0.1) is 5.69 Å². The van der Waals surface area contributed by atoms with Gasteiger partial charge in [0.25, 0.3) is 0 Å². The van der Waals surface area contributed by atoms with Crippen molar-refractivity contribution in [3.05, 3.63) is 46.5 Å². The number of aromatic nitrogens is 2. The number of hydrogen-bond donors (Lipinski definition) is 1. The minimum Gasteiger partial charge on any atom is -0.481 e. The first-order valence-corrected chi connectivity index (χ1v) is 6.23. The van der Waals surface area contributed by atoms with Gasteiger partial charge in [0, 0.05) is 24.2 Å². The van der Waals surface area contributed by atoms with E-state index in [1.807, 2.05) is 0 Å². The van der Waals surface area contributed by atoms with Crippen molar-refractivity contribution in [1.29, 1.82) is 0 Å². The zero-order valence-electron chi connectivity index (χ0n) is 11.5. The van der Waals surface area contributed by atoms with Gasteiger partial charge >= 0.3 is 5.97 Å². The predicted molar refractivity (Wildman–Crippen MR) is 68.9 cm³/mol. The maximum absolute atomic E-state index is 13.8. The summed E-state index contributed by atoms with van der Waals surface area (Å²) in [4.78, 5) is 10.6. The molecule has 0 amide bonds. The number of carbonyl (C=O) groups is 1. The predicted octanol–water partition coefficient (Wildman–Crippen LogP) is 2.92. The van der Waals surface area contributed by atoms with Crippen molar-refractivity contribution in [3.63, 3.8) is 0 Å². The second-order valence-corrected chi connectivity index (χ2v) is 4.67. The van der Waals surface area contributed by atoms with E-state index in [1.165, 1.54) is 0 Å². The Morgan fingerprint density at radius 2 is 1.81 bits per heavy atom. The van der Waals surface area contributed by atoms with Gasteiger partial charge in [-0.2, -0.15) is 5.10 Å². The van der Waals surface area contributed by atoms with Crippen molar-refractivity contribution < 1.29 is 23.1 Å². The summed E-state index contributed by atoms with van der Waals surface area (Å²) in [6.07, 6.45) is 0.145. The monoisotopic (exact) mass is 298 g/mol. The fourth-order valence-corrected chi connectivity index (χ4v) is 2.18. The number of hydrogen-bond acceptors (Lipinski definition) is 2. The van der Waals surface area contributed by atoms with Gasteiger partial charge in [0.2, 0.25) is 0 Å². The van der Waals surface area contributed by atoms with Crippen LogP contribution in [0, 0.1) is 31.3 Å². The van der Waals surface area contributed by atoms with Crippen molar-refractivity contribution in [2.75, 3.05) is 0 Å². The van der Waals surface area contributed by atoms with E-state index in [9.17, 15) is 18.0 Å². The minimum atomic E-state index is -1.27. The first-order valence-electron chi connectivity index (χ1n) is 6.23. The third-order valence-corrected chi connectivity index (χ3v) is 3.25. The molecule has 0 radical (unpaired) electrons. The molecule has 0 saturated carbocycles. The van der Waals surface area contributed by atoms with E-state index in [-0.39, 0.29) is 18.5 Å². The normalized spacial score (nSPS) is 10.9. The van der Waals surface area contributed by atoms with Gasteiger partial charge < -0.3 is 5.11 Å². The molecule has 0 bridgehead atoms. The molecule has 0 aliphatic rings. The Morgan fingerprint density at radius 1 is 1.19 bits per heavy atom. The van der Waals surface area contributed by atoms with Crippen molar-refractivity contribution in [2.24, 2.45) is 0 Å². The molecule has 0 atom stereocenters. The maximum Gasteiger partial charge on any atom is 0.303 e. The molecule has 0 spiro atoms. The lowest BCUT2D eigenvalue weighted by Crippen LogP contribution is -2.05. The molecular formula is C14H13F3N2O2. The highest BCUT2D eigenvalue weighted by Gasteiger charge is 2.18. The van der Waals surface area contributed by atoms with Crippen LogP contribution >= 0.6 is 0 Å². The molecule has 2 aromatic rings. The Labute approximate surface area is 118 Å². The average molecular weight is 298 g/mol. The zero-order valence-corrected chi connectivity index (χ0v) is 11.5. The van der Waals surface area contributed by atoms with Gasteiger partial charge in [-0.1, -0.05) is 0 Å². The summed E-state index contributed by atoms with van der Waals surface area (Å²) >= 11 is 0. The number of aliphatic carboxylic acids is 1. The van der Waals surface area contributed by atoms with Crippen LogP contribution in [0.15, 0.2) is 12.1 Å². The lowest BCUT2D eigenvalue weighted by Gasteiger charge is -2.07. The van der Waals surface area contributed by atoms with E-state index in [4.69, 9.17) is 5.11 Å². The molecule has 0 aliphatic carbocycles. The molecule has 1 aromatic carbocycles. The fourth-order valence-electron chi connectivity index (χ4n) is 2.18. The standard InChI is InChI=1S/C14H13F3N2O2/c1-7-9(3-4-14(20)21)8(2)19(18-7)13-6-11(16)10(15)5-12(13)17/h5-6H,3-4H2,1-2H3,(H,20,21). The van der Waals surface area contributed by atoms with E-state index in [0.29, 0.717) is 23.0 Å². The summed E-state index contributed by atoms with van der Waals surface area (Å²) < 4.78 is 41.2. The highest BCUT2D eigenvalue weighted by atomic mass is 19.2. The molecule has 0 unspecified atom stereocenters. The van der Waals surface area contributed by atoms with Gasteiger partial charge in [-0.15, -0.1) is 0 Å². The highest BCUT2D eigenvalue weighted by molar-refractivity contribution is 5.67. The molecule has 4 nitrogen and oxygen atoms in total. The van der Waals surface area contributed by atoms with Crippen molar-refractivity contribution in [2.45, 2.75) is 26.7 Å². The van der Waals surface area contributed by atoms with E-state index < -0.39 is 23.4 Å². The molecule has 1 aromatic heterocycles. The average Bonchev–Trinajstić information content (AvgIpc) is 2.67. The Bertz CT molecular complexity index is 711. The lowest BCUT2D eigenvalue weighted by atomic mass is 10.1. The van der Waals surface area contributed by atoms with Crippen LogP contribution in [0.3, 0.4) is 0 Å². The largest absolute Gasteiger partial charge is 0.481 e. The zero-order chi connectivity index (χ0) is 15.7. The van der Waals surface area contributed by atoms with Crippen LogP contribution in [0.5, 0.6) is 0 Å². The molecule has 0 fully saturated rings. The molecule has 112 valence electrons. The smallest absolute Gasteiger partial charge is 0.303 e. The van der Waals surface area contributed by atoms with Gasteiger partial charge in [-0.05, 0) is 25.8 Å². The van der Waals surface area contributed by atoms with Crippen LogP contribution in [0.25, 0.3) is 5.69 Å². The van der Waals surface area contributed by atoms with Crippen LogP contribution in [0.2, 0.25) is 0 Å². The second-order valence-electron chi connectivity index (χ2n) is 4.67. The van der Waals surface area contributed by atoms with E-state index >= 15 is 0 Å². The second kappa shape index (κ2) is 5.59. The van der Waals surface area contributed by atoms with Crippen LogP contribution in [-0.4, -0.2) is 20.9 Å². The van der Waals surface area contributed by atoms with Crippen LogP contribution in [0.4, 0.5) is 13.2 Å². The quantitative estimate of drug-likeness (QED) is 0.883. The molecule has 1 N–H and O–H groups in total. The summed E-state index contributed by atoms with van der Waals surface area (Å²) in [6.45, 7) is 3.27. The maximum atomic E-state index is 13.8. The number of carboxylic acid groups (broad SMARTS) is 1. The first kappa shape index (κ1) is 15.1. The molecule has 21 heavy (non-hydrogen) atoms. The van der Waals surface area contributed by atoms with Crippen molar-refractivity contribution >= 4 is 5.97 Å². The van der Waals surface area contributed by atoms with E-state index in [2.05, 4.69) is 5.10 Å². The minimum absolute atomic E-state index is 0.0896. The Kier molecular flexibility index (Phi) is 4.02. The van der Waals surface area contributed by atoms with Crippen molar-refractivity contribution in [3.8, 4) is 5.69 Å². The van der Waals surface area contributed by atoms with Crippen molar-refractivity contribution in [1.82, 2.24) is 9.78 Å². The molecule has 0 saturated heterocycles. The Hall–Kier alpha value is -2.31. The lowest BCUT2D eigenvalue weighted by molar-refractivity contribution is -0.136. The number of benzene rings is 1. The van der Waals surface area contributed by atoms with Gasteiger partial charge in [0.15, 0.2) is 17.5 Å². The van der Waals surface area contributed by atoms with Gasteiger partial charge in [-0.25, -0.2) is 17.9 Å². The first-order chi connectivity index (χ1) is 9.81.